The number of imide groups is 1. The summed E-state index contributed by atoms with van der Waals surface area (Å²) in [6.45, 7) is 4.50. The van der Waals surface area contributed by atoms with Gasteiger partial charge in [-0.1, -0.05) is 17.7 Å². The molecule has 180 valence electrons. The first-order valence-corrected chi connectivity index (χ1v) is 11.6. The van der Waals surface area contributed by atoms with Crippen molar-refractivity contribution in [2.45, 2.75) is 38.3 Å². The molecule has 0 radical (unpaired) electrons. The maximum absolute atomic E-state index is 14.1. The van der Waals surface area contributed by atoms with E-state index in [2.05, 4.69) is 10.2 Å². The normalized spacial score (nSPS) is 28.9. The van der Waals surface area contributed by atoms with Gasteiger partial charge in [0.25, 0.3) is 5.69 Å². The molecule has 1 spiro atoms. The Kier molecular flexibility index (Phi) is 4.41. The van der Waals surface area contributed by atoms with E-state index in [1.807, 2.05) is 26.0 Å². The maximum atomic E-state index is 14.1. The number of nitrogens with one attached hydrogen (secondary N) is 1. The van der Waals surface area contributed by atoms with E-state index in [9.17, 15) is 24.5 Å². The second-order valence-electron chi connectivity index (χ2n) is 9.76. The highest BCUT2D eigenvalue weighted by Crippen LogP contribution is 2.61. The van der Waals surface area contributed by atoms with Crippen molar-refractivity contribution in [1.29, 1.82) is 0 Å². The van der Waals surface area contributed by atoms with Crippen LogP contribution in [0.4, 0.5) is 17.1 Å². The van der Waals surface area contributed by atoms with Crippen molar-refractivity contribution in [2.24, 2.45) is 11.8 Å². The topological polar surface area (TPSA) is 122 Å². The molecule has 6 rings (SSSR count). The predicted molar refractivity (Wildman–Crippen MR) is 125 cm³/mol. The first kappa shape index (κ1) is 21.7. The van der Waals surface area contributed by atoms with Gasteiger partial charge in [-0.3, -0.25) is 29.4 Å². The molecule has 2 aromatic carbocycles. The molecule has 0 unspecified atom stereocenters. The molecule has 10 heteroatoms. The molecule has 4 aliphatic rings. The van der Waals surface area contributed by atoms with Crippen LogP contribution in [0.25, 0.3) is 0 Å². The van der Waals surface area contributed by atoms with Gasteiger partial charge in [0, 0.05) is 23.4 Å². The fourth-order valence-electron chi connectivity index (χ4n) is 6.86. The molecule has 0 bridgehead atoms. The van der Waals surface area contributed by atoms with Crippen molar-refractivity contribution in [2.75, 3.05) is 23.9 Å². The smallest absolute Gasteiger partial charge is 0.273 e. The monoisotopic (exact) mass is 476 g/mol. The molecule has 3 amide bonds. The summed E-state index contributed by atoms with van der Waals surface area (Å²) < 4.78 is 5.34. The number of anilines is 2. The lowest BCUT2D eigenvalue weighted by molar-refractivity contribution is -0.384. The van der Waals surface area contributed by atoms with E-state index < -0.39 is 34.1 Å². The second-order valence-corrected chi connectivity index (χ2v) is 9.76. The fourth-order valence-corrected chi connectivity index (χ4v) is 6.86. The van der Waals surface area contributed by atoms with Crippen molar-refractivity contribution < 1.29 is 24.0 Å². The quantitative estimate of drug-likeness (QED) is 0.411. The third-order valence-electron chi connectivity index (χ3n) is 8.06. The van der Waals surface area contributed by atoms with E-state index in [-0.39, 0.29) is 29.1 Å². The average molecular weight is 476 g/mol. The van der Waals surface area contributed by atoms with Crippen LogP contribution in [0.1, 0.15) is 29.5 Å². The minimum atomic E-state index is -1.27. The van der Waals surface area contributed by atoms with Crippen LogP contribution < -0.4 is 15.0 Å². The molecular formula is C25H24N4O6. The number of nitro groups is 1. The Bertz CT molecular complexity index is 1360. The number of nitro benzene ring substituents is 1. The van der Waals surface area contributed by atoms with E-state index in [0.717, 1.165) is 28.0 Å². The Hall–Kier alpha value is -3.79. The van der Waals surface area contributed by atoms with E-state index >= 15 is 0 Å². The summed E-state index contributed by atoms with van der Waals surface area (Å²) in [5.74, 6) is -2.69. The number of methoxy groups -OCH3 is 1. The van der Waals surface area contributed by atoms with Crippen LogP contribution in [0.15, 0.2) is 30.3 Å². The standard InChI is InChI=1S/C25H24N4O6/c1-12-9-13(2)21-15(10-12)25(24(32)26-21)20-19(17-5-4-8-27(17)25)22(30)28(23(20)31)16-7-6-14(29(33)34)11-18(16)35-3/h6-7,9-11,17,19-20H,4-5,8H2,1-3H3,(H,26,32)/t17-,19-,20+,25-/m1/s1. The van der Waals surface area contributed by atoms with Crippen molar-refractivity contribution in [3.63, 3.8) is 0 Å². The summed E-state index contributed by atoms with van der Waals surface area (Å²) >= 11 is 0. The molecule has 4 aliphatic heterocycles. The van der Waals surface area contributed by atoms with Crippen LogP contribution in [-0.4, -0.2) is 47.2 Å². The lowest BCUT2D eigenvalue weighted by atomic mass is 9.75. The molecule has 2 aromatic rings. The molecule has 35 heavy (non-hydrogen) atoms. The van der Waals surface area contributed by atoms with Gasteiger partial charge in [0.2, 0.25) is 17.7 Å². The number of hydrogen-bond acceptors (Lipinski definition) is 7. The first-order chi connectivity index (χ1) is 16.7. The number of fused-ring (bicyclic) bond motifs is 7. The summed E-state index contributed by atoms with van der Waals surface area (Å²) in [6.07, 6.45) is 1.53. The Morgan fingerprint density at radius 1 is 1.14 bits per heavy atom. The number of carbonyl (C=O) groups excluding carboxylic acids is 3. The molecule has 10 nitrogen and oxygen atoms in total. The zero-order valence-electron chi connectivity index (χ0n) is 19.5. The SMILES string of the molecule is COc1cc([N+](=O)[O-])ccc1N1C(=O)[C@@H]2[C@H]3CCCN3[C@@]3(C(=O)Nc4c(C)cc(C)cc43)[C@@H]2C1=O. The van der Waals surface area contributed by atoms with Gasteiger partial charge < -0.3 is 10.1 Å². The molecule has 0 aromatic heterocycles. The van der Waals surface area contributed by atoms with Crippen LogP contribution in [0, 0.1) is 35.8 Å². The van der Waals surface area contributed by atoms with Crippen LogP contribution >= 0.6 is 0 Å². The molecule has 0 saturated carbocycles. The van der Waals surface area contributed by atoms with Gasteiger partial charge in [-0.15, -0.1) is 0 Å². The van der Waals surface area contributed by atoms with Gasteiger partial charge in [-0.2, -0.15) is 0 Å². The van der Waals surface area contributed by atoms with Crippen LogP contribution in [0.5, 0.6) is 5.75 Å². The van der Waals surface area contributed by atoms with Crippen LogP contribution in [0.2, 0.25) is 0 Å². The number of nitrogens with zero attached hydrogens (tertiary/aromatic N) is 3. The number of ether oxygens (including phenoxy) is 1. The third-order valence-corrected chi connectivity index (χ3v) is 8.06. The van der Waals surface area contributed by atoms with Crippen molar-refractivity contribution in [3.8, 4) is 5.75 Å². The minimum Gasteiger partial charge on any atom is -0.494 e. The third kappa shape index (κ3) is 2.54. The average Bonchev–Trinajstić information content (AvgIpc) is 3.52. The first-order valence-electron chi connectivity index (χ1n) is 11.6. The van der Waals surface area contributed by atoms with Crippen molar-refractivity contribution in [1.82, 2.24) is 4.90 Å². The highest BCUT2D eigenvalue weighted by atomic mass is 16.6. The van der Waals surface area contributed by atoms with E-state index in [0.29, 0.717) is 18.7 Å². The summed E-state index contributed by atoms with van der Waals surface area (Å²) in [5, 5.41) is 14.3. The molecule has 3 saturated heterocycles. The lowest BCUT2D eigenvalue weighted by Gasteiger charge is -2.37. The summed E-state index contributed by atoms with van der Waals surface area (Å²) in [6, 6.07) is 7.50. The van der Waals surface area contributed by atoms with Gasteiger partial charge in [0.1, 0.15) is 11.3 Å². The van der Waals surface area contributed by atoms with Gasteiger partial charge in [0.15, 0.2) is 0 Å². The van der Waals surface area contributed by atoms with E-state index in [4.69, 9.17) is 4.74 Å². The van der Waals surface area contributed by atoms with Gasteiger partial charge in [-0.05, 0) is 44.9 Å². The zero-order chi connectivity index (χ0) is 24.8. The van der Waals surface area contributed by atoms with Crippen LogP contribution in [-0.2, 0) is 19.9 Å². The number of carbonyl (C=O) groups is 3. The number of amides is 3. The Labute approximate surface area is 201 Å². The summed E-state index contributed by atoms with van der Waals surface area (Å²) in [4.78, 5) is 55.6. The molecule has 4 atom stereocenters. The largest absolute Gasteiger partial charge is 0.494 e. The predicted octanol–water partition coefficient (Wildman–Crippen LogP) is 2.65. The molecule has 1 N–H and O–H groups in total. The summed E-state index contributed by atoms with van der Waals surface area (Å²) in [5.41, 5.74) is 2.02. The lowest BCUT2D eigenvalue weighted by Crippen LogP contribution is -2.54. The Morgan fingerprint density at radius 3 is 2.63 bits per heavy atom. The number of hydrogen-bond donors (Lipinski definition) is 1. The highest BCUT2D eigenvalue weighted by molar-refractivity contribution is 6.26. The van der Waals surface area contributed by atoms with Gasteiger partial charge >= 0.3 is 0 Å². The summed E-state index contributed by atoms with van der Waals surface area (Å²) in [7, 11) is 1.33. The Balaban J connectivity index is 1.55. The maximum Gasteiger partial charge on any atom is 0.273 e. The number of rotatable bonds is 3. The number of benzene rings is 2. The molecule has 0 aliphatic carbocycles. The van der Waals surface area contributed by atoms with Crippen molar-refractivity contribution >= 4 is 34.8 Å². The Morgan fingerprint density at radius 2 is 1.91 bits per heavy atom. The van der Waals surface area contributed by atoms with Crippen LogP contribution in [0.3, 0.4) is 0 Å². The van der Waals surface area contributed by atoms with E-state index in [1.54, 1.807) is 0 Å². The molecular weight excluding hydrogens is 452 g/mol. The fraction of sp³-hybridized carbons (Fsp3) is 0.400. The minimum absolute atomic E-state index is 0.0566. The van der Waals surface area contributed by atoms with Crippen molar-refractivity contribution in [3.05, 3.63) is 57.1 Å². The number of aryl methyl sites for hydroxylation is 2. The number of non-ortho nitro benzene ring substituents is 1. The van der Waals surface area contributed by atoms with Gasteiger partial charge in [-0.25, -0.2) is 4.90 Å². The zero-order valence-corrected chi connectivity index (χ0v) is 19.5. The highest BCUT2D eigenvalue weighted by Gasteiger charge is 2.74. The molecule has 4 heterocycles. The molecule has 3 fully saturated rings. The second kappa shape index (κ2) is 7.11. The van der Waals surface area contributed by atoms with E-state index in [1.165, 1.54) is 25.3 Å². The van der Waals surface area contributed by atoms with Gasteiger partial charge in [0.05, 0.1) is 35.6 Å².